The third kappa shape index (κ3) is 4.65. The van der Waals surface area contributed by atoms with Gasteiger partial charge in [0.25, 0.3) is 0 Å². The van der Waals surface area contributed by atoms with Crippen LogP contribution in [0.1, 0.15) is 31.7 Å². The Bertz CT molecular complexity index is 314. The van der Waals surface area contributed by atoms with Gasteiger partial charge < -0.3 is 14.6 Å². The fourth-order valence-corrected chi connectivity index (χ4v) is 1.82. The number of rotatable bonds is 7. The number of aliphatic hydroxyl groups excluding tert-OH is 1. The van der Waals surface area contributed by atoms with E-state index in [1.807, 2.05) is 18.2 Å². The second-order valence-corrected chi connectivity index (χ2v) is 4.20. The summed E-state index contributed by atoms with van der Waals surface area (Å²) in [5, 5.41) is 9.70. The summed E-state index contributed by atoms with van der Waals surface area (Å²) < 4.78 is 10.4. The van der Waals surface area contributed by atoms with E-state index in [-0.39, 0.29) is 6.10 Å². The molecule has 0 aromatic heterocycles. The summed E-state index contributed by atoms with van der Waals surface area (Å²) in [5.41, 5.74) is 1.14. The van der Waals surface area contributed by atoms with Gasteiger partial charge in [-0.15, -0.1) is 0 Å². The van der Waals surface area contributed by atoms with Crippen LogP contribution < -0.4 is 9.47 Å². The van der Waals surface area contributed by atoms with Crippen molar-refractivity contribution in [3.05, 3.63) is 23.8 Å². The smallest absolute Gasteiger partial charge is 0.122 e. The van der Waals surface area contributed by atoms with Gasteiger partial charge in [0.2, 0.25) is 0 Å². The molecule has 0 aliphatic heterocycles. The zero-order valence-electron chi connectivity index (χ0n) is 10.9. The molecule has 1 atom stereocenters. The Morgan fingerprint density at radius 2 is 1.65 bits per heavy atom. The van der Waals surface area contributed by atoms with Crippen molar-refractivity contribution in [2.45, 2.75) is 38.7 Å². The number of methoxy groups -OCH3 is 2. The van der Waals surface area contributed by atoms with E-state index in [4.69, 9.17) is 9.47 Å². The Kier molecular flexibility index (Phi) is 5.84. The molecule has 0 saturated heterocycles. The highest BCUT2D eigenvalue weighted by atomic mass is 16.5. The Hall–Kier alpha value is -1.22. The first-order chi connectivity index (χ1) is 8.19. The minimum Gasteiger partial charge on any atom is -0.497 e. The van der Waals surface area contributed by atoms with Crippen LogP contribution in [0, 0.1) is 0 Å². The van der Waals surface area contributed by atoms with Crippen LogP contribution in [-0.4, -0.2) is 25.4 Å². The van der Waals surface area contributed by atoms with E-state index in [0.717, 1.165) is 42.7 Å². The fourth-order valence-electron chi connectivity index (χ4n) is 1.82. The first-order valence-electron chi connectivity index (χ1n) is 6.09. The number of aryl methyl sites for hydroxylation is 1. The Labute approximate surface area is 103 Å². The fraction of sp³-hybridized carbons (Fsp3) is 0.571. The van der Waals surface area contributed by atoms with Gasteiger partial charge in [-0.2, -0.15) is 0 Å². The molecule has 0 aliphatic rings. The summed E-state index contributed by atoms with van der Waals surface area (Å²) in [6.45, 7) is 2.08. The van der Waals surface area contributed by atoms with E-state index >= 15 is 0 Å². The van der Waals surface area contributed by atoms with Crippen LogP contribution in [0.15, 0.2) is 18.2 Å². The highest BCUT2D eigenvalue weighted by molar-refractivity contribution is 5.38. The SMILES string of the molecule is CCCC(O)CCc1cc(OC)cc(OC)c1. The van der Waals surface area contributed by atoms with Gasteiger partial charge >= 0.3 is 0 Å². The van der Waals surface area contributed by atoms with Gasteiger partial charge in [-0.25, -0.2) is 0 Å². The minimum absolute atomic E-state index is 0.211. The molecule has 1 aromatic rings. The summed E-state index contributed by atoms with van der Waals surface area (Å²) in [5.74, 6) is 1.59. The molecule has 0 bridgehead atoms. The number of aliphatic hydroxyl groups is 1. The van der Waals surface area contributed by atoms with Crippen molar-refractivity contribution >= 4 is 0 Å². The van der Waals surface area contributed by atoms with Crippen molar-refractivity contribution in [3.63, 3.8) is 0 Å². The molecule has 0 saturated carbocycles. The molecule has 1 N–H and O–H groups in total. The van der Waals surface area contributed by atoms with Gasteiger partial charge in [0.05, 0.1) is 20.3 Å². The molecule has 1 aromatic carbocycles. The van der Waals surface area contributed by atoms with Gasteiger partial charge in [0, 0.05) is 6.07 Å². The quantitative estimate of drug-likeness (QED) is 0.794. The molecule has 0 aliphatic carbocycles. The van der Waals surface area contributed by atoms with Gasteiger partial charge in [-0.05, 0) is 37.0 Å². The maximum Gasteiger partial charge on any atom is 0.122 e. The lowest BCUT2D eigenvalue weighted by Crippen LogP contribution is -2.07. The molecule has 3 heteroatoms. The van der Waals surface area contributed by atoms with Crippen molar-refractivity contribution in [1.82, 2.24) is 0 Å². The van der Waals surface area contributed by atoms with Crippen molar-refractivity contribution in [2.24, 2.45) is 0 Å². The maximum absolute atomic E-state index is 9.70. The highest BCUT2D eigenvalue weighted by Gasteiger charge is 2.06. The summed E-state index contributed by atoms with van der Waals surface area (Å²) in [4.78, 5) is 0. The van der Waals surface area contributed by atoms with Crippen molar-refractivity contribution in [3.8, 4) is 11.5 Å². The second kappa shape index (κ2) is 7.17. The van der Waals surface area contributed by atoms with E-state index < -0.39 is 0 Å². The molecular weight excluding hydrogens is 216 g/mol. The lowest BCUT2D eigenvalue weighted by molar-refractivity contribution is 0.154. The third-order valence-corrected chi connectivity index (χ3v) is 2.80. The Morgan fingerprint density at radius 3 is 2.12 bits per heavy atom. The van der Waals surface area contributed by atoms with E-state index in [1.165, 1.54) is 0 Å². The number of ether oxygens (including phenoxy) is 2. The van der Waals surface area contributed by atoms with Crippen LogP contribution in [0.5, 0.6) is 11.5 Å². The number of benzene rings is 1. The van der Waals surface area contributed by atoms with E-state index in [2.05, 4.69) is 6.92 Å². The standard InChI is InChI=1S/C14H22O3/c1-4-5-12(15)7-6-11-8-13(16-2)10-14(9-11)17-3/h8-10,12,15H,4-7H2,1-3H3. The zero-order valence-corrected chi connectivity index (χ0v) is 10.9. The first kappa shape index (κ1) is 13.8. The lowest BCUT2D eigenvalue weighted by atomic mass is 10.0. The molecule has 1 rings (SSSR count). The van der Waals surface area contributed by atoms with Gasteiger partial charge in [-0.1, -0.05) is 13.3 Å². The van der Waals surface area contributed by atoms with E-state index in [1.54, 1.807) is 14.2 Å². The average Bonchev–Trinajstić information content (AvgIpc) is 2.36. The molecular formula is C14H22O3. The minimum atomic E-state index is -0.211. The van der Waals surface area contributed by atoms with Gasteiger partial charge in [0.15, 0.2) is 0 Å². The number of hydrogen-bond acceptors (Lipinski definition) is 3. The summed E-state index contributed by atoms with van der Waals surface area (Å²) in [6, 6.07) is 5.83. The van der Waals surface area contributed by atoms with Gasteiger partial charge in [0.1, 0.15) is 11.5 Å². The largest absolute Gasteiger partial charge is 0.497 e. The van der Waals surface area contributed by atoms with Crippen LogP contribution in [0.25, 0.3) is 0 Å². The topological polar surface area (TPSA) is 38.7 Å². The predicted octanol–water partition coefficient (Wildman–Crippen LogP) is 2.80. The Balaban J connectivity index is 2.63. The highest BCUT2D eigenvalue weighted by Crippen LogP contribution is 2.23. The molecule has 3 nitrogen and oxygen atoms in total. The molecule has 0 radical (unpaired) electrons. The van der Waals surface area contributed by atoms with Crippen LogP contribution in [-0.2, 0) is 6.42 Å². The third-order valence-electron chi connectivity index (χ3n) is 2.80. The van der Waals surface area contributed by atoms with Crippen LogP contribution in [0.4, 0.5) is 0 Å². The normalized spacial score (nSPS) is 12.2. The van der Waals surface area contributed by atoms with Crippen LogP contribution >= 0.6 is 0 Å². The molecule has 96 valence electrons. The molecule has 0 spiro atoms. The van der Waals surface area contributed by atoms with E-state index in [0.29, 0.717) is 0 Å². The lowest BCUT2D eigenvalue weighted by Gasteiger charge is -2.11. The second-order valence-electron chi connectivity index (χ2n) is 4.20. The van der Waals surface area contributed by atoms with Gasteiger partial charge in [-0.3, -0.25) is 0 Å². The maximum atomic E-state index is 9.70. The summed E-state index contributed by atoms with van der Waals surface area (Å²) in [7, 11) is 3.29. The monoisotopic (exact) mass is 238 g/mol. The molecule has 0 amide bonds. The Morgan fingerprint density at radius 1 is 1.06 bits per heavy atom. The molecule has 0 fully saturated rings. The molecule has 17 heavy (non-hydrogen) atoms. The van der Waals surface area contributed by atoms with Crippen LogP contribution in [0.2, 0.25) is 0 Å². The molecule has 1 unspecified atom stereocenters. The zero-order chi connectivity index (χ0) is 12.7. The van der Waals surface area contributed by atoms with Crippen molar-refractivity contribution < 1.29 is 14.6 Å². The van der Waals surface area contributed by atoms with Crippen molar-refractivity contribution in [1.29, 1.82) is 0 Å². The first-order valence-corrected chi connectivity index (χ1v) is 6.09. The van der Waals surface area contributed by atoms with Crippen LogP contribution in [0.3, 0.4) is 0 Å². The predicted molar refractivity (Wildman–Crippen MR) is 68.8 cm³/mol. The number of hydrogen-bond donors (Lipinski definition) is 1. The van der Waals surface area contributed by atoms with E-state index in [9.17, 15) is 5.11 Å². The summed E-state index contributed by atoms with van der Waals surface area (Å²) in [6.07, 6.45) is 3.29. The van der Waals surface area contributed by atoms with Crippen molar-refractivity contribution in [2.75, 3.05) is 14.2 Å². The average molecular weight is 238 g/mol. The molecule has 0 heterocycles. The summed E-state index contributed by atoms with van der Waals surface area (Å²) >= 11 is 0.